The molecule has 1 unspecified atom stereocenters. The van der Waals surface area contributed by atoms with E-state index in [1.807, 2.05) is 6.92 Å². The molecule has 0 radical (unpaired) electrons. The van der Waals surface area contributed by atoms with Gasteiger partial charge >= 0.3 is 11.6 Å². The minimum Gasteiger partial charge on any atom is -0.449 e. The molecular weight excluding hydrogens is 255 g/mol. The Balaban J connectivity index is 2.27. The number of ether oxygens (including phenoxy) is 1. The number of unbranched alkanes of at least 4 members (excludes halogenated alkanes) is 1. The average Bonchev–Trinajstić information content (AvgIpc) is 2.64. The molecule has 0 aromatic heterocycles. The van der Waals surface area contributed by atoms with Crippen LogP contribution in [0.2, 0.25) is 0 Å². The number of nitrogens with zero attached hydrogens (tertiary/aromatic N) is 1. The van der Waals surface area contributed by atoms with Gasteiger partial charge in [0.25, 0.3) is 0 Å². The zero-order valence-corrected chi connectivity index (χ0v) is 10.4. The molecular formula is C10H16F3NO2S. The summed E-state index contributed by atoms with van der Waals surface area (Å²) in [6.45, 7) is 2.77. The van der Waals surface area contributed by atoms with Crippen molar-refractivity contribution in [1.82, 2.24) is 4.90 Å². The zero-order valence-electron chi connectivity index (χ0n) is 9.63. The minimum atomic E-state index is -4.23. The van der Waals surface area contributed by atoms with Gasteiger partial charge in [-0.15, -0.1) is 0 Å². The highest BCUT2D eigenvalue weighted by atomic mass is 32.2. The van der Waals surface area contributed by atoms with Gasteiger partial charge in [-0.2, -0.15) is 13.2 Å². The molecule has 0 saturated carbocycles. The lowest BCUT2D eigenvalue weighted by Gasteiger charge is -2.16. The highest BCUT2D eigenvalue weighted by Crippen LogP contribution is 2.37. The second-order valence-electron chi connectivity index (χ2n) is 3.89. The van der Waals surface area contributed by atoms with Gasteiger partial charge in [-0.05, 0) is 24.6 Å². The van der Waals surface area contributed by atoms with Gasteiger partial charge in [-0.3, -0.25) is 0 Å². The van der Waals surface area contributed by atoms with Crippen LogP contribution in [0, 0.1) is 0 Å². The maximum atomic E-state index is 12.1. The molecule has 1 aliphatic heterocycles. The summed E-state index contributed by atoms with van der Waals surface area (Å²) in [4.78, 5) is 12.8. The second kappa shape index (κ2) is 6.37. The molecule has 0 bridgehead atoms. The van der Waals surface area contributed by atoms with Gasteiger partial charge in [0.2, 0.25) is 0 Å². The van der Waals surface area contributed by atoms with Crippen LogP contribution < -0.4 is 0 Å². The Labute approximate surface area is 103 Å². The van der Waals surface area contributed by atoms with Crippen LogP contribution in [0.3, 0.4) is 0 Å². The summed E-state index contributed by atoms with van der Waals surface area (Å²) in [5, 5.41) is -0.561. The van der Waals surface area contributed by atoms with E-state index in [0.717, 1.165) is 12.8 Å². The molecule has 1 amide bonds. The van der Waals surface area contributed by atoms with Crippen LogP contribution >= 0.6 is 11.8 Å². The van der Waals surface area contributed by atoms with Crippen molar-refractivity contribution in [3.63, 3.8) is 0 Å². The lowest BCUT2D eigenvalue weighted by molar-refractivity contribution is -0.0333. The van der Waals surface area contributed by atoms with E-state index in [1.165, 1.54) is 4.90 Å². The molecule has 3 nitrogen and oxygen atoms in total. The number of thioether (sulfide) groups is 1. The number of hydrogen-bond acceptors (Lipinski definition) is 3. The molecule has 7 heteroatoms. The average molecular weight is 271 g/mol. The van der Waals surface area contributed by atoms with Gasteiger partial charge < -0.3 is 9.64 Å². The number of alkyl halides is 3. The Morgan fingerprint density at radius 2 is 2.24 bits per heavy atom. The summed E-state index contributed by atoms with van der Waals surface area (Å²) in [5.74, 6) is 0. The second-order valence-corrected chi connectivity index (χ2v) is 5.25. The van der Waals surface area contributed by atoms with Gasteiger partial charge in [0.1, 0.15) is 0 Å². The molecule has 0 aliphatic carbocycles. The van der Waals surface area contributed by atoms with E-state index in [2.05, 4.69) is 0 Å². The predicted molar refractivity (Wildman–Crippen MR) is 59.9 cm³/mol. The van der Waals surface area contributed by atoms with Crippen molar-refractivity contribution < 1.29 is 22.7 Å². The monoisotopic (exact) mass is 271 g/mol. The fraction of sp³-hybridized carbons (Fsp3) is 0.900. The fourth-order valence-electron chi connectivity index (χ4n) is 1.57. The summed E-state index contributed by atoms with van der Waals surface area (Å²) in [6, 6.07) is 0. The lowest BCUT2D eigenvalue weighted by Crippen LogP contribution is -2.30. The Kier molecular flexibility index (Phi) is 5.42. The van der Waals surface area contributed by atoms with Gasteiger partial charge in [-0.25, -0.2) is 4.79 Å². The summed E-state index contributed by atoms with van der Waals surface area (Å²) >= 11 is -0.0356. The number of rotatable bonds is 4. The van der Waals surface area contributed by atoms with Gasteiger partial charge in [0, 0.05) is 18.3 Å². The molecule has 1 rings (SSSR count). The van der Waals surface area contributed by atoms with Gasteiger partial charge in [0.15, 0.2) is 0 Å². The van der Waals surface area contributed by atoms with Crippen molar-refractivity contribution in [3.05, 3.63) is 0 Å². The third kappa shape index (κ3) is 5.52. The van der Waals surface area contributed by atoms with Crippen molar-refractivity contribution >= 4 is 17.9 Å². The molecule has 1 aliphatic rings. The first kappa shape index (κ1) is 14.5. The van der Waals surface area contributed by atoms with Crippen LogP contribution in [0.15, 0.2) is 0 Å². The third-order valence-corrected chi connectivity index (χ3v) is 3.41. The van der Waals surface area contributed by atoms with Gasteiger partial charge in [0.05, 0.1) is 6.61 Å². The number of halogens is 3. The quantitative estimate of drug-likeness (QED) is 0.735. The van der Waals surface area contributed by atoms with Crippen LogP contribution in [-0.4, -0.2) is 41.4 Å². The number of amides is 1. The SMILES string of the molecule is CCCCOC(=O)N1CCC(SC(F)(F)F)C1. The summed E-state index contributed by atoms with van der Waals surface area (Å²) in [5.41, 5.74) is -4.23. The Bertz CT molecular complexity index is 260. The van der Waals surface area contributed by atoms with E-state index in [-0.39, 0.29) is 18.3 Å². The van der Waals surface area contributed by atoms with Crippen LogP contribution in [0.5, 0.6) is 0 Å². The van der Waals surface area contributed by atoms with Crippen LogP contribution in [0.4, 0.5) is 18.0 Å². The predicted octanol–water partition coefficient (Wildman–Crippen LogP) is 3.25. The number of carbonyl (C=O) groups is 1. The molecule has 0 spiro atoms. The Morgan fingerprint density at radius 1 is 1.53 bits per heavy atom. The van der Waals surface area contributed by atoms with Crippen molar-refractivity contribution in [3.8, 4) is 0 Å². The normalized spacial score (nSPS) is 20.7. The Hall–Kier alpha value is -0.590. The molecule has 1 heterocycles. The first-order chi connectivity index (χ1) is 7.92. The summed E-state index contributed by atoms with van der Waals surface area (Å²) < 4.78 is 41.3. The molecule has 100 valence electrons. The first-order valence-corrected chi connectivity index (χ1v) is 6.46. The van der Waals surface area contributed by atoms with Crippen molar-refractivity contribution in [2.45, 2.75) is 36.9 Å². The van der Waals surface area contributed by atoms with E-state index < -0.39 is 16.9 Å². The largest absolute Gasteiger partial charge is 0.449 e. The molecule has 0 aromatic carbocycles. The lowest BCUT2D eigenvalue weighted by atomic mass is 10.4. The third-order valence-electron chi connectivity index (χ3n) is 2.43. The molecule has 17 heavy (non-hydrogen) atoms. The highest BCUT2D eigenvalue weighted by molar-refractivity contribution is 8.00. The molecule has 1 saturated heterocycles. The smallest absolute Gasteiger partial charge is 0.442 e. The van der Waals surface area contributed by atoms with Crippen molar-refractivity contribution in [1.29, 1.82) is 0 Å². The van der Waals surface area contributed by atoms with Crippen LogP contribution in [0.1, 0.15) is 26.2 Å². The van der Waals surface area contributed by atoms with E-state index in [4.69, 9.17) is 4.74 Å². The van der Waals surface area contributed by atoms with Crippen LogP contribution in [-0.2, 0) is 4.74 Å². The summed E-state index contributed by atoms with van der Waals surface area (Å²) in [6.07, 6.45) is 1.57. The van der Waals surface area contributed by atoms with Crippen molar-refractivity contribution in [2.24, 2.45) is 0 Å². The molecule has 0 aromatic rings. The highest BCUT2D eigenvalue weighted by Gasteiger charge is 2.37. The molecule has 1 atom stereocenters. The number of carbonyl (C=O) groups excluding carboxylic acids is 1. The minimum absolute atomic E-state index is 0.0356. The van der Waals surface area contributed by atoms with Crippen molar-refractivity contribution in [2.75, 3.05) is 19.7 Å². The first-order valence-electron chi connectivity index (χ1n) is 5.58. The maximum Gasteiger partial charge on any atom is 0.442 e. The molecule has 0 N–H and O–H groups in total. The molecule has 1 fully saturated rings. The fourth-order valence-corrected chi connectivity index (χ4v) is 2.43. The van der Waals surface area contributed by atoms with E-state index >= 15 is 0 Å². The standard InChI is InChI=1S/C10H16F3NO2S/c1-2-3-6-16-9(15)14-5-4-8(7-14)17-10(11,12)13/h8H,2-7H2,1H3. The zero-order chi connectivity index (χ0) is 12.9. The van der Waals surface area contributed by atoms with Crippen LogP contribution in [0.25, 0.3) is 0 Å². The topological polar surface area (TPSA) is 29.5 Å². The maximum absolute atomic E-state index is 12.1. The summed E-state index contributed by atoms with van der Waals surface area (Å²) in [7, 11) is 0. The van der Waals surface area contributed by atoms with E-state index in [1.54, 1.807) is 0 Å². The Morgan fingerprint density at radius 3 is 2.82 bits per heavy atom. The number of likely N-dealkylation sites (tertiary alicyclic amines) is 1. The van der Waals surface area contributed by atoms with E-state index in [9.17, 15) is 18.0 Å². The van der Waals surface area contributed by atoms with Gasteiger partial charge in [-0.1, -0.05) is 13.3 Å². The number of hydrogen-bond donors (Lipinski definition) is 0. The van der Waals surface area contributed by atoms with E-state index in [0.29, 0.717) is 19.6 Å².